The van der Waals surface area contributed by atoms with Gasteiger partial charge >= 0.3 is 0 Å². The lowest BCUT2D eigenvalue weighted by Gasteiger charge is -2.29. The van der Waals surface area contributed by atoms with Crippen LogP contribution in [0.4, 0.5) is 0 Å². The first-order valence-corrected chi connectivity index (χ1v) is 8.17. The summed E-state index contributed by atoms with van der Waals surface area (Å²) < 4.78 is 0. The summed E-state index contributed by atoms with van der Waals surface area (Å²) in [4.78, 5) is 5.04. The quantitative estimate of drug-likeness (QED) is 0.662. The molecule has 19 heavy (non-hydrogen) atoms. The summed E-state index contributed by atoms with van der Waals surface area (Å²) in [5.74, 6) is 0.921. The molecule has 2 aliphatic rings. The van der Waals surface area contributed by atoms with Gasteiger partial charge in [-0.3, -0.25) is 0 Å². The second kappa shape index (κ2) is 8.90. The van der Waals surface area contributed by atoms with Crippen molar-refractivity contribution in [1.82, 2.24) is 20.4 Å². The first-order valence-electron chi connectivity index (χ1n) is 8.17. The standard InChI is InChI=1S/C15H32N4/c1-18-10-4-15(5-11-18)14-17-6-2-3-9-19-12-7-16-8-13-19/h15-17H,2-14H2,1H3. The molecule has 0 aromatic heterocycles. The number of hydrogen-bond donors (Lipinski definition) is 2. The first kappa shape index (κ1) is 15.2. The molecule has 0 saturated carbocycles. The normalized spacial score (nSPS) is 23.8. The van der Waals surface area contributed by atoms with Crippen LogP contribution in [0.2, 0.25) is 0 Å². The van der Waals surface area contributed by atoms with Gasteiger partial charge in [0.15, 0.2) is 0 Å². The number of unbranched alkanes of at least 4 members (excludes halogenated alkanes) is 1. The summed E-state index contributed by atoms with van der Waals surface area (Å²) in [6.07, 6.45) is 5.44. The van der Waals surface area contributed by atoms with Gasteiger partial charge in [0, 0.05) is 26.2 Å². The van der Waals surface area contributed by atoms with Gasteiger partial charge < -0.3 is 20.4 Å². The minimum Gasteiger partial charge on any atom is -0.316 e. The third-order valence-corrected chi connectivity index (χ3v) is 4.56. The zero-order valence-corrected chi connectivity index (χ0v) is 12.7. The van der Waals surface area contributed by atoms with E-state index in [0.717, 1.165) is 5.92 Å². The predicted octanol–water partition coefficient (Wildman–Crippen LogP) is 0.603. The van der Waals surface area contributed by atoms with Crippen molar-refractivity contribution in [1.29, 1.82) is 0 Å². The predicted molar refractivity (Wildman–Crippen MR) is 81.6 cm³/mol. The van der Waals surface area contributed by atoms with Gasteiger partial charge in [-0.25, -0.2) is 0 Å². The lowest BCUT2D eigenvalue weighted by atomic mass is 9.97. The van der Waals surface area contributed by atoms with Gasteiger partial charge in [-0.05, 0) is 71.4 Å². The molecule has 4 heteroatoms. The highest BCUT2D eigenvalue weighted by molar-refractivity contribution is 4.72. The van der Waals surface area contributed by atoms with E-state index in [9.17, 15) is 0 Å². The summed E-state index contributed by atoms with van der Waals surface area (Å²) >= 11 is 0. The molecular weight excluding hydrogens is 236 g/mol. The maximum atomic E-state index is 3.66. The Morgan fingerprint density at radius 3 is 2.53 bits per heavy atom. The molecule has 2 rings (SSSR count). The van der Waals surface area contributed by atoms with Crippen LogP contribution in [0.5, 0.6) is 0 Å². The third-order valence-electron chi connectivity index (χ3n) is 4.56. The van der Waals surface area contributed by atoms with Crippen molar-refractivity contribution >= 4 is 0 Å². The van der Waals surface area contributed by atoms with Crippen molar-refractivity contribution < 1.29 is 0 Å². The van der Waals surface area contributed by atoms with E-state index >= 15 is 0 Å². The summed E-state index contributed by atoms with van der Waals surface area (Å²) in [6.45, 7) is 11.1. The average Bonchev–Trinajstić information content (AvgIpc) is 2.46. The molecule has 0 aromatic rings. The number of rotatable bonds is 7. The Morgan fingerprint density at radius 2 is 1.79 bits per heavy atom. The van der Waals surface area contributed by atoms with Gasteiger partial charge in [0.25, 0.3) is 0 Å². The van der Waals surface area contributed by atoms with Crippen molar-refractivity contribution in [2.24, 2.45) is 5.92 Å². The number of piperidine rings is 1. The molecule has 4 nitrogen and oxygen atoms in total. The van der Waals surface area contributed by atoms with Crippen molar-refractivity contribution in [3.05, 3.63) is 0 Å². The highest BCUT2D eigenvalue weighted by atomic mass is 15.2. The van der Waals surface area contributed by atoms with Gasteiger partial charge in [0.1, 0.15) is 0 Å². The Labute approximate surface area is 118 Å². The van der Waals surface area contributed by atoms with Crippen molar-refractivity contribution in [2.45, 2.75) is 25.7 Å². The fraction of sp³-hybridized carbons (Fsp3) is 1.00. The highest BCUT2D eigenvalue weighted by Gasteiger charge is 2.15. The largest absolute Gasteiger partial charge is 0.316 e. The van der Waals surface area contributed by atoms with Crippen LogP contribution in [-0.4, -0.2) is 75.8 Å². The molecule has 0 aromatic carbocycles. The number of hydrogen-bond acceptors (Lipinski definition) is 4. The first-order chi connectivity index (χ1) is 9.34. The number of nitrogens with zero attached hydrogens (tertiary/aromatic N) is 2. The molecule has 0 atom stereocenters. The lowest BCUT2D eigenvalue weighted by Crippen LogP contribution is -2.43. The molecule has 0 bridgehead atoms. The molecule has 0 aliphatic carbocycles. The summed E-state index contributed by atoms with van der Waals surface area (Å²) in [7, 11) is 2.24. The zero-order valence-electron chi connectivity index (χ0n) is 12.7. The second-order valence-corrected chi connectivity index (χ2v) is 6.25. The van der Waals surface area contributed by atoms with E-state index in [1.165, 1.54) is 84.6 Å². The van der Waals surface area contributed by atoms with E-state index in [1.807, 2.05) is 0 Å². The average molecular weight is 268 g/mol. The fourth-order valence-corrected chi connectivity index (χ4v) is 3.09. The van der Waals surface area contributed by atoms with Gasteiger partial charge in [-0.15, -0.1) is 0 Å². The van der Waals surface area contributed by atoms with E-state index < -0.39 is 0 Å². The minimum atomic E-state index is 0.921. The zero-order chi connectivity index (χ0) is 13.3. The van der Waals surface area contributed by atoms with Gasteiger partial charge in [0.05, 0.1) is 0 Å². The molecule has 2 N–H and O–H groups in total. The molecule has 0 spiro atoms. The van der Waals surface area contributed by atoms with Crippen LogP contribution < -0.4 is 10.6 Å². The van der Waals surface area contributed by atoms with Crippen LogP contribution in [0.15, 0.2) is 0 Å². The van der Waals surface area contributed by atoms with E-state index in [1.54, 1.807) is 0 Å². The van der Waals surface area contributed by atoms with Crippen LogP contribution in [-0.2, 0) is 0 Å². The molecule has 0 unspecified atom stereocenters. The lowest BCUT2D eigenvalue weighted by molar-refractivity contribution is 0.215. The molecule has 2 heterocycles. The van der Waals surface area contributed by atoms with Crippen LogP contribution in [0.25, 0.3) is 0 Å². The van der Waals surface area contributed by atoms with Crippen molar-refractivity contribution in [3.8, 4) is 0 Å². The summed E-state index contributed by atoms with van der Waals surface area (Å²) in [5.41, 5.74) is 0. The van der Waals surface area contributed by atoms with Crippen molar-refractivity contribution in [2.75, 3.05) is 66.0 Å². The monoisotopic (exact) mass is 268 g/mol. The van der Waals surface area contributed by atoms with Crippen LogP contribution in [0.1, 0.15) is 25.7 Å². The Balaban J connectivity index is 1.39. The Morgan fingerprint density at radius 1 is 1.05 bits per heavy atom. The van der Waals surface area contributed by atoms with Gasteiger partial charge in [0.2, 0.25) is 0 Å². The topological polar surface area (TPSA) is 30.5 Å². The molecule has 2 saturated heterocycles. The Hall–Kier alpha value is -0.160. The fourth-order valence-electron chi connectivity index (χ4n) is 3.09. The smallest absolute Gasteiger partial charge is 0.0107 e. The Bertz CT molecular complexity index is 220. The molecular formula is C15H32N4. The van der Waals surface area contributed by atoms with E-state index in [4.69, 9.17) is 0 Å². The highest BCUT2D eigenvalue weighted by Crippen LogP contribution is 2.14. The molecule has 0 radical (unpaired) electrons. The van der Waals surface area contributed by atoms with E-state index in [2.05, 4.69) is 27.5 Å². The Kier molecular flexibility index (Phi) is 7.14. The molecule has 2 aliphatic heterocycles. The van der Waals surface area contributed by atoms with Crippen LogP contribution >= 0.6 is 0 Å². The molecule has 2 fully saturated rings. The van der Waals surface area contributed by atoms with Crippen LogP contribution in [0, 0.1) is 5.92 Å². The SMILES string of the molecule is CN1CCC(CNCCCCN2CCNCC2)CC1. The van der Waals surface area contributed by atoms with E-state index in [-0.39, 0.29) is 0 Å². The minimum absolute atomic E-state index is 0.921. The van der Waals surface area contributed by atoms with Gasteiger partial charge in [-0.1, -0.05) is 0 Å². The van der Waals surface area contributed by atoms with Crippen LogP contribution in [0.3, 0.4) is 0 Å². The maximum Gasteiger partial charge on any atom is 0.0107 e. The summed E-state index contributed by atoms with van der Waals surface area (Å²) in [6, 6.07) is 0. The van der Waals surface area contributed by atoms with Crippen molar-refractivity contribution in [3.63, 3.8) is 0 Å². The third kappa shape index (κ3) is 6.21. The maximum absolute atomic E-state index is 3.66. The molecule has 0 amide bonds. The molecule has 112 valence electrons. The van der Waals surface area contributed by atoms with E-state index in [0.29, 0.717) is 0 Å². The number of piperazine rings is 1. The van der Waals surface area contributed by atoms with Gasteiger partial charge in [-0.2, -0.15) is 0 Å². The number of likely N-dealkylation sites (tertiary alicyclic amines) is 1. The number of nitrogens with one attached hydrogen (secondary N) is 2. The summed E-state index contributed by atoms with van der Waals surface area (Å²) in [5, 5.41) is 7.07. The second-order valence-electron chi connectivity index (χ2n) is 6.25.